The average Bonchev–Trinajstić information content (AvgIpc) is 2.19. The first-order valence-corrected chi connectivity index (χ1v) is 7.24. The lowest BCUT2D eigenvalue weighted by atomic mass is 10.4. The Bertz CT molecular complexity index is 529. The molecule has 102 valence electrons. The first-order chi connectivity index (χ1) is 7.97. The lowest BCUT2D eigenvalue weighted by molar-refractivity contribution is -0.0886. The van der Waals surface area contributed by atoms with Crippen molar-refractivity contribution < 1.29 is 30.4 Å². The minimum atomic E-state index is -5.79. The highest BCUT2D eigenvalue weighted by Gasteiger charge is 2.66. The Morgan fingerprint density at radius 2 is 1.50 bits per heavy atom. The monoisotopic (exact) mass is 326 g/mol. The highest BCUT2D eigenvalue weighted by molar-refractivity contribution is 8.15. The molecular weight excluding hydrogens is 323 g/mol. The molecule has 0 atom stereocenters. The van der Waals surface area contributed by atoms with Crippen molar-refractivity contribution >= 4 is 31.5 Å². The highest BCUT2D eigenvalue weighted by Crippen LogP contribution is 2.50. The number of halogens is 6. The summed E-state index contributed by atoms with van der Waals surface area (Å²) < 4.78 is 85.4. The fourth-order valence-electron chi connectivity index (χ4n) is 0.852. The van der Waals surface area contributed by atoms with E-state index in [1.54, 1.807) is 0 Å². The van der Waals surface area contributed by atoms with Crippen LogP contribution in [0, 0.1) is 5.82 Å². The van der Waals surface area contributed by atoms with Gasteiger partial charge in [-0.25, -0.2) is 12.8 Å². The van der Waals surface area contributed by atoms with Gasteiger partial charge in [-0.3, -0.25) is 0 Å². The highest BCUT2D eigenvalue weighted by atomic mass is 35.7. The molecule has 2 nitrogen and oxygen atoms in total. The van der Waals surface area contributed by atoms with Crippen molar-refractivity contribution in [2.24, 2.45) is 0 Å². The van der Waals surface area contributed by atoms with Gasteiger partial charge in [0.2, 0.25) is 0 Å². The van der Waals surface area contributed by atoms with Crippen LogP contribution in [-0.4, -0.2) is 18.9 Å². The summed E-state index contributed by atoms with van der Waals surface area (Å²) >= 11 is -0.725. The lowest BCUT2D eigenvalue weighted by Crippen LogP contribution is -2.42. The summed E-state index contributed by atoms with van der Waals surface area (Å²) in [7, 11) is -1.52. The minimum absolute atomic E-state index is 0.429. The van der Waals surface area contributed by atoms with E-state index in [0.717, 1.165) is 24.3 Å². The molecule has 0 aliphatic heterocycles. The Balaban J connectivity index is 3.05. The van der Waals surface area contributed by atoms with Gasteiger partial charge in [0, 0.05) is 15.6 Å². The van der Waals surface area contributed by atoms with Gasteiger partial charge in [0.05, 0.1) is 0 Å². The topological polar surface area (TPSA) is 34.1 Å². The van der Waals surface area contributed by atoms with Crippen molar-refractivity contribution in [3.8, 4) is 0 Å². The number of hydrogen-bond donors (Lipinski definition) is 0. The predicted molar refractivity (Wildman–Crippen MR) is 56.9 cm³/mol. The molecule has 0 saturated heterocycles. The number of hydrogen-bond acceptors (Lipinski definition) is 3. The van der Waals surface area contributed by atoms with Gasteiger partial charge in [0.1, 0.15) is 5.82 Å². The Labute approximate surface area is 108 Å². The second-order valence-corrected chi connectivity index (χ2v) is 6.82. The normalized spacial score (nSPS) is 13.7. The summed E-state index contributed by atoms with van der Waals surface area (Å²) in [6, 6.07) is 3.16. The van der Waals surface area contributed by atoms with Gasteiger partial charge in [0.15, 0.2) is 0 Å². The number of benzene rings is 1. The smallest absolute Gasteiger partial charge is 0.207 e. The van der Waals surface area contributed by atoms with Crippen molar-refractivity contribution in [3.05, 3.63) is 30.1 Å². The van der Waals surface area contributed by atoms with Crippen LogP contribution in [0.3, 0.4) is 0 Å². The van der Waals surface area contributed by atoms with Crippen LogP contribution in [0.5, 0.6) is 0 Å². The maximum Gasteiger partial charge on any atom is 0.431 e. The maximum atomic E-state index is 13.1. The van der Waals surface area contributed by atoms with Gasteiger partial charge in [-0.15, -0.1) is 0 Å². The molecule has 0 saturated carbocycles. The van der Waals surface area contributed by atoms with E-state index in [1.807, 2.05) is 0 Å². The second kappa shape index (κ2) is 4.86. The van der Waals surface area contributed by atoms with E-state index in [9.17, 15) is 30.4 Å². The number of rotatable bonds is 4. The van der Waals surface area contributed by atoms with Gasteiger partial charge in [0.25, 0.3) is 0 Å². The maximum absolute atomic E-state index is 13.1. The first kappa shape index (κ1) is 15.5. The standard InChI is InChI=1S/C8H4ClF5O2S2/c9-18(15,16)8(13,14)7(11,12)17-6-3-1-5(10)2-4-6/h1-4H. The van der Waals surface area contributed by atoms with Crippen molar-refractivity contribution in [3.63, 3.8) is 0 Å². The van der Waals surface area contributed by atoms with Crippen LogP contribution >= 0.6 is 22.4 Å². The molecule has 10 heteroatoms. The van der Waals surface area contributed by atoms with Crippen LogP contribution in [0.15, 0.2) is 29.2 Å². The molecule has 1 rings (SSSR count). The summed E-state index contributed by atoms with van der Waals surface area (Å²) in [5, 5.41) is -10.4. The molecule has 0 fully saturated rings. The van der Waals surface area contributed by atoms with Gasteiger partial charge >= 0.3 is 19.6 Å². The third-order valence-corrected chi connectivity index (χ3v) is 4.30. The van der Waals surface area contributed by atoms with Crippen molar-refractivity contribution in [2.45, 2.75) is 15.4 Å². The van der Waals surface area contributed by atoms with Gasteiger partial charge < -0.3 is 0 Å². The SMILES string of the molecule is O=S(=O)(Cl)C(F)(F)C(F)(F)Sc1ccc(F)cc1. The second-order valence-electron chi connectivity index (χ2n) is 3.03. The fraction of sp³-hybridized carbons (Fsp3) is 0.250. The van der Waals surface area contributed by atoms with E-state index in [1.165, 1.54) is 0 Å². The van der Waals surface area contributed by atoms with Gasteiger partial charge in [-0.2, -0.15) is 17.6 Å². The Hall–Kier alpha value is -0.540. The summed E-state index contributed by atoms with van der Waals surface area (Å²) in [5.41, 5.74) is 0. The zero-order valence-electron chi connectivity index (χ0n) is 8.21. The van der Waals surface area contributed by atoms with Crippen LogP contribution in [0.1, 0.15) is 0 Å². The van der Waals surface area contributed by atoms with E-state index in [-0.39, 0.29) is 0 Å². The molecule has 0 aliphatic rings. The van der Waals surface area contributed by atoms with E-state index >= 15 is 0 Å². The Morgan fingerprint density at radius 1 is 1.06 bits per heavy atom. The molecule has 1 aromatic rings. The molecule has 0 heterocycles. The van der Waals surface area contributed by atoms with E-state index in [2.05, 4.69) is 10.7 Å². The molecule has 0 amide bonds. The van der Waals surface area contributed by atoms with E-state index in [4.69, 9.17) is 0 Å². The molecule has 0 aromatic heterocycles. The average molecular weight is 327 g/mol. The van der Waals surface area contributed by atoms with Crippen LogP contribution < -0.4 is 0 Å². The van der Waals surface area contributed by atoms with Crippen LogP contribution in [0.4, 0.5) is 22.0 Å². The molecule has 0 aliphatic carbocycles. The van der Waals surface area contributed by atoms with Crippen LogP contribution in [-0.2, 0) is 9.05 Å². The van der Waals surface area contributed by atoms with Crippen molar-refractivity contribution in [1.29, 1.82) is 0 Å². The molecule has 0 spiro atoms. The Kier molecular flexibility index (Phi) is 4.19. The van der Waals surface area contributed by atoms with E-state index < -0.39 is 42.0 Å². The lowest BCUT2D eigenvalue weighted by Gasteiger charge is -2.22. The molecular formula is C8H4ClF5O2S2. The summed E-state index contributed by atoms with van der Waals surface area (Å²) in [4.78, 5) is -0.429. The zero-order valence-corrected chi connectivity index (χ0v) is 10.6. The number of thioether (sulfide) groups is 1. The molecule has 0 unspecified atom stereocenters. The van der Waals surface area contributed by atoms with Gasteiger partial charge in [-0.1, -0.05) is 0 Å². The largest absolute Gasteiger partial charge is 0.431 e. The third kappa shape index (κ3) is 3.07. The van der Waals surface area contributed by atoms with Crippen molar-refractivity contribution in [2.75, 3.05) is 0 Å². The molecule has 0 N–H and O–H groups in total. The van der Waals surface area contributed by atoms with Crippen LogP contribution in [0.2, 0.25) is 0 Å². The predicted octanol–water partition coefficient (Wildman–Crippen LogP) is 3.67. The third-order valence-electron chi connectivity index (χ3n) is 1.70. The summed E-state index contributed by atoms with van der Waals surface area (Å²) in [6.07, 6.45) is 0. The molecule has 1 aromatic carbocycles. The molecule has 0 radical (unpaired) electrons. The molecule has 0 bridgehead atoms. The minimum Gasteiger partial charge on any atom is -0.207 e. The quantitative estimate of drug-likeness (QED) is 0.481. The summed E-state index contributed by atoms with van der Waals surface area (Å²) in [6.45, 7) is 0. The Morgan fingerprint density at radius 3 is 1.89 bits per heavy atom. The fourth-order valence-corrected chi connectivity index (χ4v) is 2.70. The summed E-state index contributed by atoms with van der Waals surface area (Å²) in [5.74, 6) is -0.751. The van der Waals surface area contributed by atoms with Crippen LogP contribution in [0.25, 0.3) is 0 Å². The first-order valence-electron chi connectivity index (χ1n) is 4.12. The zero-order chi connectivity index (χ0) is 14.2. The number of alkyl halides is 4. The van der Waals surface area contributed by atoms with E-state index in [0.29, 0.717) is 0 Å². The van der Waals surface area contributed by atoms with Crippen molar-refractivity contribution in [1.82, 2.24) is 0 Å². The van der Waals surface area contributed by atoms with Gasteiger partial charge in [-0.05, 0) is 36.0 Å². The molecule has 18 heavy (non-hydrogen) atoms.